The van der Waals surface area contributed by atoms with Crippen molar-refractivity contribution in [1.29, 1.82) is 0 Å². The first-order valence-electron chi connectivity index (χ1n) is 6.85. The van der Waals surface area contributed by atoms with Crippen molar-refractivity contribution in [1.82, 2.24) is 0 Å². The molecule has 0 aliphatic carbocycles. The Morgan fingerprint density at radius 1 is 1.30 bits per heavy atom. The summed E-state index contributed by atoms with van der Waals surface area (Å²) in [6.45, 7) is 5.34. The predicted octanol–water partition coefficient (Wildman–Crippen LogP) is 5.03. The highest BCUT2D eigenvalue weighted by atomic mass is 35.5. The summed E-state index contributed by atoms with van der Waals surface area (Å²) in [7, 11) is 0. The lowest BCUT2D eigenvalue weighted by Crippen LogP contribution is -2.00. The summed E-state index contributed by atoms with van der Waals surface area (Å²) in [5, 5.41) is 11.3. The van der Waals surface area contributed by atoms with Gasteiger partial charge in [-0.3, -0.25) is 10.1 Å². The summed E-state index contributed by atoms with van der Waals surface area (Å²) in [5.74, 6) is 0.311. The van der Waals surface area contributed by atoms with Crippen LogP contribution < -0.4 is 0 Å². The van der Waals surface area contributed by atoms with E-state index in [1.807, 2.05) is 25.1 Å². The van der Waals surface area contributed by atoms with Gasteiger partial charge in [0.1, 0.15) is 6.10 Å². The first-order valence-corrected chi connectivity index (χ1v) is 7.23. The monoisotopic (exact) mass is 330 g/mol. The van der Waals surface area contributed by atoms with E-state index < -0.39 is 4.92 Å². The number of hydrogen-bond donors (Lipinski definition) is 0. The smallest absolute Gasteiger partial charge is 0.269 e. The fourth-order valence-corrected chi connectivity index (χ4v) is 2.29. The van der Waals surface area contributed by atoms with Crippen LogP contribution in [-0.2, 0) is 4.74 Å². The van der Waals surface area contributed by atoms with Crippen molar-refractivity contribution in [2.75, 3.05) is 0 Å². The largest absolute Gasteiger partial charge is 0.470 e. The molecule has 0 amide bonds. The maximum atomic E-state index is 10.6. The van der Waals surface area contributed by atoms with Crippen molar-refractivity contribution >= 4 is 30.1 Å². The standard InChI is InChI=1S/C17H15ClN2O3/c1-12(15-5-3-4-6-16(15)18)23-17(19-2)11-13-7-9-14(10-8-13)20(21)22/h3-12H,2H2,1H3/b17-11-/t12-/m1/s1. The maximum absolute atomic E-state index is 10.6. The molecule has 0 aromatic heterocycles. The fourth-order valence-electron chi connectivity index (χ4n) is 2.00. The van der Waals surface area contributed by atoms with E-state index in [2.05, 4.69) is 11.7 Å². The predicted molar refractivity (Wildman–Crippen MR) is 91.6 cm³/mol. The number of hydrogen-bond acceptors (Lipinski definition) is 4. The van der Waals surface area contributed by atoms with Gasteiger partial charge in [0.15, 0.2) is 0 Å². The van der Waals surface area contributed by atoms with Crippen molar-refractivity contribution in [3.63, 3.8) is 0 Å². The van der Waals surface area contributed by atoms with Gasteiger partial charge in [-0.15, -0.1) is 0 Å². The van der Waals surface area contributed by atoms with Crippen molar-refractivity contribution in [2.45, 2.75) is 13.0 Å². The van der Waals surface area contributed by atoms with Crippen LogP contribution in [0.25, 0.3) is 6.08 Å². The zero-order chi connectivity index (χ0) is 16.8. The van der Waals surface area contributed by atoms with Crippen molar-refractivity contribution < 1.29 is 9.66 Å². The highest BCUT2D eigenvalue weighted by molar-refractivity contribution is 6.31. The van der Waals surface area contributed by atoms with Gasteiger partial charge in [-0.05, 0) is 37.4 Å². The van der Waals surface area contributed by atoms with E-state index in [0.29, 0.717) is 10.9 Å². The quantitative estimate of drug-likeness (QED) is 0.323. The highest BCUT2D eigenvalue weighted by Crippen LogP contribution is 2.27. The number of halogens is 1. The third kappa shape index (κ3) is 4.40. The topological polar surface area (TPSA) is 64.7 Å². The van der Waals surface area contributed by atoms with Crippen LogP contribution in [0.3, 0.4) is 0 Å². The summed E-state index contributed by atoms with van der Waals surface area (Å²) in [5.41, 5.74) is 1.59. The second kappa shape index (κ2) is 7.56. The van der Waals surface area contributed by atoms with Gasteiger partial charge < -0.3 is 4.74 Å². The summed E-state index contributed by atoms with van der Waals surface area (Å²) >= 11 is 6.14. The average molecular weight is 331 g/mol. The molecule has 0 radical (unpaired) electrons. The molecule has 6 heteroatoms. The van der Waals surface area contributed by atoms with Crippen molar-refractivity contribution in [2.24, 2.45) is 4.99 Å². The zero-order valence-corrected chi connectivity index (χ0v) is 13.2. The third-order valence-corrected chi connectivity index (χ3v) is 3.53. The Balaban J connectivity index is 2.17. The molecule has 0 fully saturated rings. The number of aliphatic imine (C=N–C) groups is 1. The molecule has 0 heterocycles. The van der Waals surface area contributed by atoms with Crippen LogP contribution in [0, 0.1) is 10.1 Å². The van der Waals surface area contributed by atoms with Crippen LogP contribution in [0.5, 0.6) is 0 Å². The minimum Gasteiger partial charge on any atom is -0.470 e. The first kappa shape index (κ1) is 16.7. The molecule has 0 N–H and O–H groups in total. The number of nitro groups is 1. The van der Waals surface area contributed by atoms with E-state index in [1.165, 1.54) is 12.1 Å². The highest BCUT2D eigenvalue weighted by Gasteiger charge is 2.12. The minimum atomic E-state index is -0.448. The Morgan fingerprint density at radius 2 is 1.96 bits per heavy atom. The van der Waals surface area contributed by atoms with Crippen LogP contribution in [0.1, 0.15) is 24.2 Å². The Kier molecular flexibility index (Phi) is 5.49. The van der Waals surface area contributed by atoms with Gasteiger partial charge >= 0.3 is 0 Å². The Hall–Kier alpha value is -2.66. The normalized spacial score (nSPS) is 12.5. The molecule has 0 aliphatic heterocycles. The van der Waals surface area contributed by atoms with Crippen LogP contribution in [-0.4, -0.2) is 11.6 Å². The van der Waals surface area contributed by atoms with E-state index in [0.717, 1.165) is 11.1 Å². The minimum absolute atomic E-state index is 0.0283. The number of nitro benzene ring substituents is 1. The molecule has 0 unspecified atom stereocenters. The number of non-ortho nitro benzene ring substituents is 1. The van der Waals surface area contributed by atoms with Crippen LogP contribution in [0.4, 0.5) is 5.69 Å². The van der Waals surface area contributed by atoms with E-state index in [1.54, 1.807) is 24.3 Å². The molecule has 2 rings (SSSR count). The lowest BCUT2D eigenvalue weighted by molar-refractivity contribution is -0.384. The maximum Gasteiger partial charge on any atom is 0.269 e. The van der Waals surface area contributed by atoms with Crippen molar-refractivity contribution in [3.05, 3.63) is 80.7 Å². The van der Waals surface area contributed by atoms with Gasteiger partial charge in [-0.2, -0.15) is 0 Å². The summed E-state index contributed by atoms with van der Waals surface area (Å²) in [4.78, 5) is 14.0. The number of rotatable bonds is 6. The molecular formula is C17H15ClN2O3. The molecule has 0 bridgehead atoms. The summed E-state index contributed by atoms with van der Waals surface area (Å²) in [6.07, 6.45) is 1.35. The van der Waals surface area contributed by atoms with Gasteiger partial charge in [-0.25, -0.2) is 4.99 Å². The van der Waals surface area contributed by atoms with Crippen LogP contribution in [0.15, 0.2) is 59.4 Å². The molecule has 0 saturated carbocycles. The van der Waals surface area contributed by atoms with E-state index >= 15 is 0 Å². The van der Waals surface area contributed by atoms with Crippen LogP contribution >= 0.6 is 11.6 Å². The fraction of sp³-hybridized carbons (Fsp3) is 0.118. The molecule has 0 spiro atoms. The molecule has 5 nitrogen and oxygen atoms in total. The average Bonchev–Trinajstić information content (AvgIpc) is 2.55. The van der Waals surface area contributed by atoms with Gasteiger partial charge in [0, 0.05) is 28.8 Å². The third-order valence-electron chi connectivity index (χ3n) is 3.19. The van der Waals surface area contributed by atoms with E-state index in [4.69, 9.17) is 16.3 Å². The molecule has 0 aliphatic rings. The molecular weight excluding hydrogens is 316 g/mol. The summed E-state index contributed by atoms with van der Waals surface area (Å²) in [6, 6.07) is 13.5. The van der Waals surface area contributed by atoms with Gasteiger partial charge in [0.2, 0.25) is 5.88 Å². The van der Waals surface area contributed by atoms with Gasteiger partial charge in [0.05, 0.1) is 4.92 Å². The second-order valence-electron chi connectivity index (χ2n) is 4.77. The number of benzene rings is 2. The van der Waals surface area contributed by atoms with E-state index in [-0.39, 0.29) is 11.8 Å². The molecule has 1 atom stereocenters. The lowest BCUT2D eigenvalue weighted by Gasteiger charge is -2.16. The molecule has 2 aromatic rings. The zero-order valence-electron chi connectivity index (χ0n) is 12.5. The Bertz CT molecular complexity index is 742. The number of ether oxygens (including phenoxy) is 1. The second-order valence-corrected chi connectivity index (χ2v) is 5.18. The molecule has 118 valence electrons. The Labute approximate surface area is 139 Å². The summed E-state index contributed by atoms with van der Waals surface area (Å²) < 4.78 is 5.76. The SMILES string of the molecule is C=N/C(=C/c1ccc([N+](=O)[O-])cc1)O[C@H](C)c1ccccc1Cl. The molecule has 0 saturated heterocycles. The van der Waals surface area contributed by atoms with Gasteiger partial charge in [-0.1, -0.05) is 29.8 Å². The lowest BCUT2D eigenvalue weighted by atomic mass is 10.1. The van der Waals surface area contributed by atoms with Gasteiger partial charge in [0.25, 0.3) is 5.69 Å². The number of nitrogens with zero attached hydrogens (tertiary/aromatic N) is 2. The van der Waals surface area contributed by atoms with E-state index in [9.17, 15) is 10.1 Å². The van der Waals surface area contributed by atoms with Crippen molar-refractivity contribution in [3.8, 4) is 0 Å². The van der Waals surface area contributed by atoms with Crippen LogP contribution in [0.2, 0.25) is 5.02 Å². The first-order chi connectivity index (χ1) is 11.0. The molecule has 23 heavy (non-hydrogen) atoms. The molecule has 2 aromatic carbocycles. The Morgan fingerprint density at radius 3 is 2.52 bits per heavy atom.